The Hall–Kier alpha value is -0.300. The SMILES string of the molecule is CCCC(CC)CCCCCOC1CCC2(C)/C(=C\CCC3CCC(C(C)CCCC(C)C)C3(C)CCC2C)C1. The third-order valence-electron chi connectivity index (χ3n) is 12.9. The zero-order chi connectivity index (χ0) is 29.2. The maximum absolute atomic E-state index is 6.55. The second kappa shape index (κ2) is 16.5. The van der Waals surface area contributed by atoms with Crippen LogP contribution in [0.4, 0.5) is 0 Å². The molecule has 0 spiro atoms. The zero-order valence-corrected chi connectivity index (χ0v) is 28.7. The van der Waals surface area contributed by atoms with E-state index in [4.69, 9.17) is 4.74 Å². The minimum atomic E-state index is 0.383. The Labute approximate surface area is 252 Å². The lowest BCUT2D eigenvalue weighted by molar-refractivity contribution is 0.00627. The molecular weight excluding hydrogens is 484 g/mol. The summed E-state index contributed by atoms with van der Waals surface area (Å²) in [6, 6.07) is 0. The van der Waals surface area contributed by atoms with Crippen molar-refractivity contribution in [2.75, 3.05) is 6.61 Å². The van der Waals surface area contributed by atoms with E-state index in [1.165, 1.54) is 122 Å². The Balaban J connectivity index is 1.53. The fraction of sp³-hybridized carbons (Fsp3) is 0.949. The van der Waals surface area contributed by atoms with Crippen LogP contribution in [0.1, 0.15) is 177 Å². The molecule has 3 aliphatic carbocycles. The summed E-state index contributed by atoms with van der Waals surface area (Å²) in [4.78, 5) is 0. The van der Waals surface area contributed by atoms with Crippen LogP contribution in [0.25, 0.3) is 0 Å². The first-order valence-electron chi connectivity index (χ1n) is 18.4. The van der Waals surface area contributed by atoms with Gasteiger partial charge in [-0.05, 0) is 111 Å². The van der Waals surface area contributed by atoms with Crippen molar-refractivity contribution >= 4 is 0 Å². The molecule has 1 nitrogen and oxygen atoms in total. The first-order valence-corrected chi connectivity index (χ1v) is 18.4. The fourth-order valence-electron chi connectivity index (χ4n) is 9.64. The van der Waals surface area contributed by atoms with E-state index in [0.717, 1.165) is 42.1 Å². The summed E-state index contributed by atoms with van der Waals surface area (Å²) >= 11 is 0. The molecule has 0 radical (unpaired) electrons. The molecule has 8 unspecified atom stereocenters. The van der Waals surface area contributed by atoms with Crippen molar-refractivity contribution in [3.05, 3.63) is 11.6 Å². The van der Waals surface area contributed by atoms with Crippen LogP contribution in [0.2, 0.25) is 0 Å². The van der Waals surface area contributed by atoms with Crippen molar-refractivity contribution in [3.63, 3.8) is 0 Å². The number of unbranched alkanes of at least 4 members (excludes halogenated alkanes) is 2. The highest BCUT2D eigenvalue weighted by atomic mass is 16.5. The van der Waals surface area contributed by atoms with Gasteiger partial charge in [0.05, 0.1) is 6.10 Å². The van der Waals surface area contributed by atoms with Crippen molar-refractivity contribution in [2.24, 2.45) is 46.3 Å². The van der Waals surface area contributed by atoms with Crippen LogP contribution >= 0.6 is 0 Å². The van der Waals surface area contributed by atoms with Gasteiger partial charge >= 0.3 is 0 Å². The van der Waals surface area contributed by atoms with Crippen molar-refractivity contribution in [2.45, 2.75) is 183 Å². The van der Waals surface area contributed by atoms with E-state index in [1.807, 2.05) is 0 Å². The number of hydrogen-bond donors (Lipinski definition) is 0. The molecule has 0 aliphatic heterocycles. The summed E-state index contributed by atoms with van der Waals surface area (Å²) in [6.07, 6.45) is 29.4. The van der Waals surface area contributed by atoms with Crippen LogP contribution in [-0.2, 0) is 4.74 Å². The number of allylic oxidation sites excluding steroid dienone is 1. The smallest absolute Gasteiger partial charge is 0.0612 e. The zero-order valence-electron chi connectivity index (χ0n) is 28.7. The third kappa shape index (κ3) is 9.10. The number of hydrogen-bond acceptors (Lipinski definition) is 1. The lowest BCUT2D eigenvalue weighted by Gasteiger charge is -2.47. The molecule has 3 rings (SSSR count). The minimum absolute atomic E-state index is 0.383. The number of fused-ring (bicyclic) bond motifs is 2. The highest BCUT2D eigenvalue weighted by Gasteiger charge is 2.49. The first kappa shape index (κ1) is 34.2. The van der Waals surface area contributed by atoms with Gasteiger partial charge in [0.15, 0.2) is 0 Å². The summed E-state index contributed by atoms with van der Waals surface area (Å²) in [5, 5.41) is 0. The first-order chi connectivity index (χ1) is 19.1. The van der Waals surface area contributed by atoms with E-state index in [2.05, 4.69) is 61.5 Å². The predicted octanol–water partition coefficient (Wildman–Crippen LogP) is 12.6. The Morgan fingerprint density at radius 1 is 0.850 bits per heavy atom. The molecule has 0 saturated heterocycles. The van der Waals surface area contributed by atoms with E-state index in [0.29, 0.717) is 16.9 Å². The van der Waals surface area contributed by atoms with E-state index in [1.54, 1.807) is 5.57 Å². The van der Waals surface area contributed by atoms with Crippen LogP contribution in [0.5, 0.6) is 0 Å². The fourth-order valence-corrected chi connectivity index (χ4v) is 9.64. The van der Waals surface area contributed by atoms with Crippen molar-refractivity contribution in [3.8, 4) is 0 Å². The van der Waals surface area contributed by atoms with Crippen LogP contribution in [0, 0.1) is 46.3 Å². The normalized spacial score (nSPS) is 36.0. The predicted molar refractivity (Wildman–Crippen MR) is 177 cm³/mol. The average molecular weight is 557 g/mol. The second-order valence-corrected chi connectivity index (χ2v) is 16.0. The Kier molecular flexibility index (Phi) is 14.1. The van der Waals surface area contributed by atoms with Gasteiger partial charge in [-0.2, -0.15) is 0 Å². The second-order valence-electron chi connectivity index (χ2n) is 16.0. The van der Waals surface area contributed by atoms with Crippen LogP contribution in [0.3, 0.4) is 0 Å². The maximum Gasteiger partial charge on any atom is 0.0612 e. The van der Waals surface area contributed by atoms with E-state index in [9.17, 15) is 0 Å². The number of ether oxygens (including phenoxy) is 1. The van der Waals surface area contributed by atoms with Gasteiger partial charge in [-0.25, -0.2) is 0 Å². The van der Waals surface area contributed by atoms with E-state index >= 15 is 0 Å². The molecule has 8 atom stereocenters. The molecule has 0 aromatic rings. The summed E-state index contributed by atoms with van der Waals surface area (Å²) in [5.74, 6) is 5.35. The maximum atomic E-state index is 6.55. The molecule has 0 N–H and O–H groups in total. The quantitative estimate of drug-likeness (QED) is 0.144. The summed E-state index contributed by atoms with van der Waals surface area (Å²) in [7, 11) is 0. The van der Waals surface area contributed by atoms with Gasteiger partial charge in [-0.1, -0.05) is 125 Å². The lowest BCUT2D eigenvalue weighted by atomic mass is 9.58. The molecule has 0 aromatic carbocycles. The van der Waals surface area contributed by atoms with Crippen LogP contribution in [0.15, 0.2) is 11.6 Å². The number of rotatable bonds is 15. The molecule has 0 heterocycles. The van der Waals surface area contributed by atoms with Crippen molar-refractivity contribution < 1.29 is 4.74 Å². The van der Waals surface area contributed by atoms with Gasteiger partial charge in [0.1, 0.15) is 0 Å². The Morgan fingerprint density at radius 3 is 2.38 bits per heavy atom. The average Bonchev–Trinajstić information content (AvgIpc) is 3.25. The van der Waals surface area contributed by atoms with Crippen molar-refractivity contribution in [1.82, 2.24) is 0 Å². The van der Waals surface area contributed by atoms with Crippen molar-refractivity contribution in [1.29, 1.82) is 0 Å². The third-order valence-corrected chi connectivity index (χ3v) is 12.9. The van der Waals surface area contributed by atoms with E-state index in [-0.39, 0.29) is 0 Å². The monoisotopic (exact) mass is 557 g/mol. The van der Waals surface area contributed by atoms with Gasteiger partial charge in [0.25, 0.3) is 0 Å². The standard InChI is InChI=1S/C39H72O/c1-9-16-33(10-2)19-12-11-13-28-40-36-25-27-38(7)32(6)24-26-39(8)34(20-15-21-35(38)29-36)22-23-37(39)31(5)18-14-17-30(3)4/h21,30-34,36-37H,9-20,22-29H2,1-8H3/b35-21-. The highest BCUT2D eigenvalue weighted by Crippen LogP contribution is 2.58. The van der Waals surface area contributed by atoms with Gasteiger partial charge < -0.3 is 4.74 Å². The molecule has 0 amide bonds. The summed E-state index contributed by atoms with van der Waals surface area (Å²) in [6.45, 7) is 21.0. The van der Waals surface area contributed by atoms with E-state index < -0.39 is 0 Å². The Morgan fingerprint density at radius 2 is 1.65 bits per heavy atom. The van der Waals surface area contributed by atoms with Crippen LogP contribution in [-0.4, -0.2) is 12.7 Å². The van der Waals surface area contributed by atoms with Crippen LogP contribution < -0.4 is 0 Å². The van der Waals surface area contributed by atoms with Gasteiger partial charge in [-0.3, -0.25) is 0 Å². The molecule has 0 bridgehead atoms. The molecule has 2 saturated carbocycles. The Bertz CT molecular complexity index is 737. The summed E-state index contributed by atoms with van der Waals surface area (Å²) < 4.78 is 6.55. The largest absolute Gasteiger partial charge is 0.378 e. The molecule has 234 valence electrons. The van der Waals surface area contributed by atoms with Gasteiger partial charge in [0, 0.05) is 6.61 Å². The van der Waals surface area contributed by atoms with Gasteiger partial charge in [0.2, 0.25) is 0 Å². The molecule has 40 heavy (non-hydrogen) atoms. The molecule has 1 heteroatoms. The molecule has 3 aliphatic rings. The molecule has 0 aromatic heterocycles. The molecular formula is C39H72O. The topological polar surface area (TPSA) is 9.23 Å². The molecule has 2 fully saturated rings. The van der Waals surface area contributed by atoms with Gasteiger partial charge in [-0.15, -0.1) is 0 Å². The highest BCUT2D eigenvalue weighted by molar-refractivity contribution is 5.20. The lowest BCUT2D eigenvalue weighted by Crippen LogP contribution is -2.39. The summed E-state index contributed by atoms with van der Waals surface area (Å²) in [5.41, 5.74) is 2.71. The minimum Gasteiger partial charge on any atom is -0.378 e.